The highest BCUT2D eigenvalue weighted by molar-refractivity contribution is 7.14. The van der Waals surface area contributed by atoms with E-state index in [4.69, 9.17) is 9.47 Å². The third-order valence-electron chi connectivity index (χ3n) is 5.77. The molecule has 0 spiro atoms. The summed E-state index contributed by atoms with van der Waals surface area (Å²) < 4.78 is 11.6. The Balaban J connectivity index is 1.61. The molecule has 0 aliphatic heterocycles. The standard InChI is InChI=1S/C27H30N2O4S/c1-4-32-22-16-21(29-27(31)25-14-19-13-17(3)11-12-24(19)34-25)23(33-5-2)15-20(22)28-26(30)18-9-7-6-8-10-18/h6-10,14-17H,4-5,11-13H2,1-3H3,(H,28,30)(H,29,31). The Kier molecular flexibility index (Phi) is 7.53. The highest BCUT2D eigenvalue weighted by atomic mass is 32.1. The number of amides is 2. The molecule has 2 aromatic carbocycles. The van der Waals surface area contributed by atoms with Gasteiger partial charge in [-0.2, -0.15) is 0 Å². The van der Waals surface area contributed by atoms with Crippen LogP contribution in [-0.2, 0) is 12.8 Å². The van der Waals surface area contributed by atoms with Gasteiger partial charge in [-0.1, -0.05) is 25.1 Å². The lowest BCUT2D eigenvalue weighted by atomic mass is 9.90. The fourth-order valence-corrected chi connectivity index (χ4v) is 5.19. The topological polar surface area (TPSA) is 76.7 Å². The van der Waals surface area contributed by atoms with E-state index in [9.17, 15) is 9.59 Å². The average molecular weight is 479 g/mol. The van der Waals surface area contributed by atoms with Gasteiger partial charge >= 0.3 is 0 Å². The van der Waals surface area contributed by atoms with Gasteiger partial charge in [0.05, 0.1) is 29.5 Å². The molecule has 0 saturated heterocycles. The molecule has 178 valence electrons. The van der Waals surface area contributed by atoms with Gasteiger partial charge in [0.15, 0.2) is 0 Å². The van der Waals surface area contributed by atoms with Gasteiger partial charge in [0, 0.05) is 22.6 Å². The molecule has 1 atom stereocenters. The molecule has 1 unspecified atom stereocenters. The molecule has 7 heteroatoms. The van der Waals surface area contributed by atoms with Crippen LogP contribution in [0.5, 0.6) is 11.5 Å². The van der Waals surface area contributed by atoms with E-state index < -0.39 is 0 Å². The number of rotatable bonds is 8. The molecule has 1 aliphatic carbocycles. The first-order chi connectivity index (χ1) is 16.5. The van der Waals surface area contributed by atoms with E-state index in [-0.39, 0.29) is 11.8 Å². The highest BCUT2D eigenvalue weighted by Gasteiger charge is 2.22. The van der Waals surface area contributed by atoms with Crippen LogP contribution in [0.1, 0.15) is 57.7 Å². The van der Waals surface area contributed by atoms with Gasteiger partial charge in [-0.05, 0) is 62.8 Å². The number of hydrogen-bond donors (Lipinski definition) is 2. The van der Waals surface area contributed by atoms with Crippen molar-refractivity contribution in [2.75, 3.05) is 23.8 Å². The largest absolute Gasteiger partial charge is 0.492 e. The second-order valence-electron chi connectivity index (χ2n) is 8.39. The third kappa shape index (κ3) is 5.42. The van der Waals surface area contributed by atoms with E-state index in [1.54, 1.807) is 35.6 Å². The summed E-state index contributed by atoms with van der Waals surface area (Å²) in [4.78, 5) is 27.9. The minimum absolute atomic E-state index is 0.170. The zero-order chi connectivity index (χ0) is 24.1. The van der Waals surface area contributed by atoms with Gasteiger partial charge in [0.25, 0.3) is 11.8 Å². The Morgan fingerprint density at radius 3 is 2.18 bits per heavy atom. The number of benzene rings is 2. The van der Waals surface area contributed by atoms with Crippen molar-refractivity contribution in [3.05, 3.63) is 69.4 Å². The first-order valence-electron chi connectivity index (χ1n) is 11.7. The molecule has 1 heterocycles. The Labute approximate surface area is 204 Å². The second kappa shape index (κ2) is 10.7. The quantitative estimate of drug-likeness (QED) is 0.406. The molecule has 2 N–H and O–H groups in total. The van der Waals surface area contributed by atoms with Crippen molar-refractivity contribution in [1.29, 1.82) is 0 Å². The molecule has 6 nitrogen and oxygen atoms in total. The fraction of sp³-hybridized carbons (Fsp3) is 0.333. The lowest BCUT2D eigenvalue weighted by Gasteiger charge is -2.17. The summed E-state index contributed by atoms with van der Waals surface area (Å²) >= 11 is 1.57. The molecule has 3 aromatic rings. The minimum Gasteiger partial charge on any atom is -0.492 e. The van der Waals surface area contributed by atoms with Crippen LogP contribution in [0, 0.1) is 5.92 Å². The van der Waals surface area contributed by atoms with E-state index in [1.807, 2.05) is 38.1 Å². The van der Waals surface area contributed by atoms with Crippen molar-refractivity contribution in [2.24, 2.45) is 5.92 Å². The SMILES string of the molecule is CCOc1cc(NC(=O)c2cc3c(s2)CCC(C)C3)c(OCC)cc1NC(=O)c1ccccc1. The molecule has 0 fully saturated rings. The van der Waals surface area contributed by atoms with E-state index in [0.29, 0.717) is 52.4 Å². The van der Waals surface area contributed by atoms with Gasteiger partial charge in [-0.25, -0.2) is 0 Å². The molecule has 4 rings (SSSR count). The summed E-state index contributed by atoms with van der Waals surface area (Å²) in [5.41, 5.74) is 2.81. The Bertz CT molecular complexity index is 1170. The van der Waals surface area contributed by atoms with Crippen molar-refractivity contribution in [3.63, 3.8) is 0 Å². The lowest BCUT2D eigenvalue weighted by Crippen LogP contribution is -2.15. The molecular formula is C27H30N2O4S. The van der Waals surface area contributed by atoms with Gasteiger partial charge < -0.3 is 20.1 Å². The number of hydrogen-bond acceptors (Lipinski definition) is 5. The molecule has 0 bridgehead atoms. The Morgan fingerprint density at radius 1 is 0.941 bits per heavy atom. The maximum Gasteiger partial charge on any atom is 0.265 e. The van der Waals surface area contributed by atoms with Gasteiger partial charge in [-0.15, -0.1) is 11.3 Å². The van der Waals surface area contributed by atoms with Crippen molar-refractivity contribution >= 4 is 34.5 Å². The molecule has 34 heavy (non-hydrogen) atoms. The van der Waals surface area contributed by atoms with E-state index >= 15 is 0 Å². The summed E-state index contributed by atoms with van der Waals surface area (Å²) in [6, 6.07) is 14.4. The number of anilines is 2. The monoisotopic (exact) mass is 478 g/mol. The number of aryl methyl sites for hydroxylation is 1. The number of carbonyl (C=O) groups is 2. The van der Waals surface area contributed by atoms with Crippen LogP contribution < -0.4 is 20.1 Å². The van der Waals surface area contributed by atoms with Crippen LogP contribution in [0.3, 0.4) is 0 Å². The van der Waals surface area contributed by atoms with Crippen LogP contribution >= 0.6 is 11.3 Å². The predicted molar refractivity (Wildman–Crippen MR) is 137 cm³/mol. The number of nitrogens with one attached hydrogen (secondary N) is 2. The smallest absolute Gasteiger partial charge is 0.265 e. The summed E-state index contributed by atoms with van der Waals surface area (Å²) in [6.07, 6.45) is 3.22. The van der Waals surface area contributed by atoms with E-state index in [0.717, 1.165) is 19.3 Å². The zero-order valence-corrected chi connectivity index (χ0v) is 20.6. The zero-order valence-electron chi connectivity index (χ0n) is 19.8. The summed E-state index contributed by atoms with van der Waals surface area (Å²) in [6.45, 7) is 6.81. The maximum atomic E-state index is 13.1. The lowest BCUT2D eigenvalue weighted by molar-refractivity contribution is 0.101. The first-order valence-corrected chi connectivity index (χ1v) is 12.5. The maximum absolute atomic E-state index is 13.1. The minimum atomic E-state index is -0.251. The van der Waals surface area contributed by atoms with Gasteiger partial charge in [-0.3, -0.25) is 9.59 Å². The molecule has 1 aliphatic rings. The molecule has 0 radical (unpaired) electrons. The first kappa shape index (κ1) is 23.8. The number of ether oxygens (including phenoxy) is 2. The summed E-state index contributed by atoms with van der Waals surface area (Å²) in [5.74, 6) is 1.16. The van der Waals surface area contributed by atoms with Crippen LogP contribution in [0.15, 0.2) is 48.5 Å². The summed E-state index contributed by atoms with van der Waals surface area (Å²) in [7, 11) is 0. The molecule has 1 aromatic heterocycles. The highest BCUT2D eigenvalue weighted by Crippen LogP contribution is 2.38. The van der Waals surface area contributed by atoms with Crippen LogP contribution in [0.2, 0.25) is 0 Å². The number of fused-ring (bicyclic) bond motifs is 1. The average Bonchev–Trinajstić information content (AvgIpc) is 3.26. The van der Waals surface area contributed by atoms with E-state index in [1.165, 1.54) is 10.4 Å². The number of thiophene rings is 1. The van der Waals surface area contributed by atoms with Gasteiger partial charge in [0.2, 0.25) is 0 Å². The normalized spacial score (nSPS) is 14.7. The second-order valence-corrected chi connectivity index (χ2v) is 9.53. The third-order valence-corrected chi connectivity index (χ3v) is 7.00. The van der Waals surface area contributed by atoms with Crippen molar-refractivity contribution in [2.45, 2.75) is 40.0 Å². The van der Waals surface area contributed by atoms with Crippen molar-refractivity contribution in [3.8, 4) is 11.5 Å². The van der Waals surface area contributed by atoms with Gasteiger partial charge in [0.1, 0.15) is 11.5 Å². The van der Waals surface area contributed by atoms with Crippen molar-refractivity contribution in [1.82, 2.24) is 0 Å². The van der Waals surface area contributed by atoms with Crippen molar-refractivity contribution < 1.29 is 19.1 Å². The summed E-state index contributed by atoms with van der Waals surface area (Å²) in [5, 5.41) is 5.90. The molecule has 0 saturated carbocycles. The van der Waals surface area contributed by atoms with Crippen LogP contribution in [-0.4, -0.2) is 25.0 Å². The fourth-order valence-electron chi connectivity index (χ4n) is 4.09. The van der Waals surface area contributed by atoms with Crippen LogP contribution in [0.4, 0.5) is 11.4 Å². The predicted octanol–water partition coefficient (Wildman–Crippen LogP) is 6.17. The number of carbonyl (C=O) groups excluding carboxylic acids is 2. The Hall–Kier alpha value is -3.32. The molecular weight excluding hydrogens is 448 g/mol. The Morgan fingerprint density at radius 2 is 1.56 bits per heavy atom. The van der Waals surface area contributed by atoms with Crippen LogP contribution in [0.25, 0.3) is 0 Å². The molecule has 2 amide bonds. The van der Waals surface area contributed by atoms with E-state index in [2.05, 4.69) is 17.6 Å².